The molecule has 1 fully saturated rings. The highest BCUT2D eigenvalue weighted by Gasteiger charge is 2.22. The fourth-order valence-corrected chi connectivity index (χ4v) is 4.23. The number of halogens is 1. The second-order valence-corrected chi connectivity index (χ2v) is 7.39. The average molecular weight is 352 g/mol. The van der Waals surface area contributed by atoms with Crippen molar-refractivity contribution in [3.8, 4) is 0 Å². The van der Waals surface area contributed by atoms with Crippen molar-refractivity contribution in [1.29, 1.82) is 0 Å². The van der Waals surface area contributed by atoms with Gasteiger partial charge in [0.15, 0.2) is 0 Å². The molecule has 20 heavy (non-hydrogen) atoms. The van der Waals surface area contributed by atoms with Gasteiger partial charge in [-0.2, -0.15) is 11.8 Å². The minimum Gasteiger partial charge on any atom is -0.396 e. The summed E-state index contributed by atoms with van der Waals surface area (Å²) >= 11 is 5.62. The Morgan fingerprint density at radius 2 is 2.35 bits per heavy atom. The summed E-state index contributed by atoms with van der Waals surface area (Å²) < 4.78 is 1.07. The normalized spacial score (nSPS) is 19.5. The molecule has 1 aromatic heterocycles. The van der Waals surface area contributed by atoms with Crippen LogP contribution in [0.4, 0.5) is 11.4 Å². The van der Waals surface area contributed by atoms with Gasteiger partial charge in [-0.3, -0.25) is 4.98 Å². The number of nitrogens with zero attached hydrogens (tertiary/aromatic N) is 2. The quantitative estimate of drug-likeness (QED) is 0.890. The Labute approximate surface area is 132 Å². The van der Waals surface area contributed by atoms with Crippen molar-refractivity contribution >= 4 is 50.0 Å². The first-order valence-corrected chi connectivity index (χ1v) is 8.73. The van der Waals surface area contributed by atoms with Gasteiger partial charge >= 0.3 is 0 Å². The van der Waals surface area contributed by atoms with E-state index in [1.165, 1.54) is 6.42 Å². The Kier molecular flexibility index (Phi) is 4.08. The highest BCUT2D eigenvalue weighted by Crippen LogP contribution is 2.36. The Hall–Kier alpha value is -0.940. The number of aromatic nitrogens is 1. The van der Waals surface area contributed by atoms with Gasteiger partial charge in [0.25, 0.3) is 0 Å². The molecule has 2 heterocycles. The van der Waals surface area contributed by atoms with Crippen LogP contribution in [0.5, 0.6) is 0 Å². The molecule has 1 aliphatic rings. The van der Waals surface area contributed by atoms with Crippen molar-refractivity contribution in [3.63, 3.8) is 0 Å². The molecule has 3 rings (SSSR count). The second kappa shape index (κ2) is 5.82. The van der Waals surface area contributed by atoms with Crippen molar-refractivity contribution < 1.29 is 0 Å². The smallest absolute Gasteiger partial charge is 0.0745 e. The summed E-state index contributed by atoms with van der Waals surface area (Å²) in [6.45, 7) is 4.37. The van der Waals surface area contributed by atoms with Gasteiger partial charge < -0.3 is 10.6 Å². The van der Waals surface area contributed by atoms with E-state index in [1.807, 2.05) is 12.1 Å². The van der Waals surface area contributed by atoms with E-state index in [2.05, 4.69) is 50.6 Å². The molecule has 0 saturated carbocycles. The summed E-state index contributed by atoms with van der Waals surface area (Å²) in [6.07, 6.45) is 2.99. The van der Waals surface area contributed by atoms with E-state index in [9.17, 15) is 0 Å². The predicted molar refractivity (Wildman–Crippen MR) is 92.6 cm³/mol. The molecule has 1 saturated heterocycles. The van der Waals surface area contributed by atoms with Crippen molar-refractivity contribution in [3.05, 3.63) is 28.9 Å². The van der Waals surface area contributed by atoms with Crippen LogP contribution in [0.2, 0.25) is 0 Å². The number of rotatable bonds is 2. The molecule has 3 nitrogen and oxygen atoms in total. The number of pyridine rings is 1. The van der Waals surface area contributed by atoms with Crippen LogP contribution in [0.1, 0.15) is 13.3 Å². The van der Waals surface area contributed by atoms with Crippen molar-refractivity contribution in [2.45, 2.75) is 18.6 Å². The third-order valence-corrected chi connectivity index (χ3v) is 5.61. The third kappa shape index (κ3) is 2.61. The maximum Gasteiger partial charge on any atom is 0.0745 e. The summed E-state index contributed by atoms with van der Waals surface area (Å²) in [5, 5.41) is 1.83. The van der Waals surface area contributed by atoms with Gasteiger partial charge in [-0.25, -0.2) is 0 Å². The molecule has 1 atom stereocenters. The first kappa shape index (κ1) is 14.0. The lowest BCUT2D eigenvalue weighted by Gasteiger charge is -2.35. The lowest BCUT2D eigenvalue weighted by Crippen LogP contribution is -2.38. The predicted octanol–water partition coefficient (Wildman–Crippen LogP) is 3.91. The standard InChI is InChI=1S/C15H18BrN3S/c1-2-11-9-19(5-6-20-11)15-12-7-10(16)3-4-14(12)18-8-13(15)17/h3-4,7-8,11H,2,5-6,9,17H2,1H3. The lowest BCUT2D eigenvalue weighted by atomic mass is 10.1. The van der Waals surface area contributed by atoms with Crippen LogP contribution in [-0.4, -0.2) is 29.1 Å². The number of hydrogen-bond donors (Lipinski definition) is 1. The molecule has 1 unspecified atom stereocenters. The van der Waals surface area contributed by atoms with Crippen LogP contribution in [0.3, 0.4) is 0 Å². The van der Waals surface area contributed by atoms with E-state index < -0.39 is 0 Å². The van der Waals surface area contributed by atoms with Crippen LogP contribution in [-0.2, 0) is 0 Å². The minimum absolute atomic E-state index is 0.693. The first-order valence-electron chi connectivity index (χ1n) is 6.89. The number of nitrogen functional groups attached to an aromatic ring is 1. The van der Waals surface area contributed by atoms with Gasteiger partial charge in [0.1, 0.15) is 0 Å². The van der Waals surface area contributed by atoms with Gasteiger partial charge in [-0.1, -0.05) is 22.9 Å². The number of nitrogens with two attached hydrogens (primary N) is 1. The molecule has 0 spiro atoms. The summed E-state index contributed by atoms with van der Waals surface area (Å²) in [7, 11) is 0. The van der Waals surface area contributed by atoms with Gasteiger partial charge in [0, 0.05) is 34.0 Å². The minimum atomic E-state index is 0.693. The number of benzene rings is 1. The molecule has 2 N–H and O–H groups in total. The van der Waals surface area contributed by atoms with E-state index in [1.54, 1.807) is 6.20 Å². The zero-order valence-corrected chi connectivity index (χ0v) is 13.9. The zero-order chi connectivity index (χ0) is 14.1. The largest absolute Gasteiger partial charge is 0.396 e. The third-order valence-electron chi connectivity index (χ3n) is 3.74. The molecule has 0 amide bonds. The van der Waals surface area contributed by atoms with E-state index in [0.717, 1.165) is 45.6 Å². The monoisotopic (exact) mass is 351 g/mol. The van der Waals surface area contributed by atoms with E-state index in [-0.39, 0.29) is 0 Å². The highest BCUT2D eigenvalue weighted by molar-refractivity contribution is 9.10. The molecule has 106 valence electrons. The Bertz CT molecular complexity index is 627. The Balaban J connectivity index is 2.09. The van der Waals surface area contributed by atoms with Crippen LogP contribution in [0.25, 0.3) is 10.9 Å². The SMILES string of the molecule is CCC1CN(c2c(N)cnc3ccc(Br)cc23)CCS1. The Morgan fingerprint density at radius 1 is 1.50 bits per heavy atom. The van der Waals surface area contributed by atoms with E-state index >= 15 is 0 Å². The average Bonchev–Trinajstić information content (AvgIpc) is 2.47. The van der Waals surface area contributed by atoms with E-state index in [4.69, 9.17) is 5.73 Å². The van der Waals surface area contributed by atoms with E-state index in [0.29, 0.717) is 5.25 Å². The lowest BCUT2D eigenvalue weighted by molar-refractivity contribution is 0.730. The van der Waals surface area contributed by atoms with Crippen LogP contribution in [0, 0.1) is 0 Å². The maximum absolute atomic E-state index is 6.23. The number of thioether (sulfide) groups is 1. The Morgan fingerprint density at radius 3 is 3.15 bits per heavy atom. The second-order valence-electron chi connectivity index (χ2n) is 5.07. The molecule has 0 aliphatic carbocycles. The van der Waals surface area contributed by atoms with Crippen molar-refractivity contribution in [2.75, 3.05) is 29.5 Å². The van der Waals surface area contributed by atoms with Crippen LogP contribution >= 0.6 is 27.7 Å². The van der Waals surface area contributed by atoms with Gasteiger partial charge in [0.2, 0.25) is 0 Å². The molecular formula is C15H18BrN3S. The fraction of sp³-hybridized carbons (Fsp3) is 0.400. The summed E-state index contributed by atoms with van der Waals surface area (Å²) in [5.41, 5.74) is 9.16. The molecular weight excluding hydrogens is 334 g/mol. The molecule has 2 aromatic rings. The summed E-state index contributed by atoms with van der Waals surface area (Å²) in [5.74, 6) is 1.16. The van der Waals surface area contributed by atoms with Crippen LogP contribution < -0.4 is 10.6 Å². The van der Waals surface area contributed by atoms with Gasteiger partial charge in [0.05, 0.1) is 23.1 Å². The van der Waals surface area contributed by atoms with Crippen LogP contribution in [0.15, 0.2) is 28.9 Å². The molecule has 1 aromatic carbocycles. The number of hydrogen-bond acceptors (Lipinski definition) is 4. The van der Waals surface area contributed by atoms with Gasteiger partial charge in [-0.05, 0) is 24.6 Å². The topological polar surface area (TPSA) is 42.1 Å². The van der Waals surface area contributed by atoms with Crippen molar-refractivity contribution in [2.24, 2.45) is 0 Å². The first-order chi connectivity index (χ1) is 9.69. The number of fused-ring (bicyclic) bond motifs is 1. The van der Waals surface area contributed by atoms with Gasteiger partial charge in [-0.15, -0.1) is 0 Å². The summed E-state index contributed by atoms with van der Waals surface area (Å²) in [6, 6.07) is 6.19. The molecule has 0 bridgehead atoms. The van der Waals surface area contributed by atoms with Crippen molar-refractivity contribution in [1.82, 2.24) is 4.98 Å². The zero-order valence-electron chi connectivity index (χ0n) is 11.5. The molecule has 0 radical (unpaired) electrons. The summed E-state index contributed by atoms with van der Waals surface area (Å²) in [4.78, 5) is 6.87. The fourth-order valence-electron chi connectivity index (χ4n) is 2.69. The molecule has 5 heteroatoms. The molecule has 1 aliphatic heterocycles. The maximum atomic E-state index is 6.23. The number of anilines is 2. The highest BCUT2D eigenvalue weighted by atomic mass is 79.9.